The first-order valence-corrected chi connectivity index (χ1v) is 7.61. The molecule has 1 aliphatic rings. The summed E-state index contributed by atoms with van der Waals surface area (Å²) in [6, 6.07) is 3.18. The maximum absolute atomic E-state index is 12.0. The number of hydrogen-bond acceptors (Lipinski definition) is 4. The molecule has 1 aromatic rings. The molecule has 1 fully saturated rings. The van der Waals surface area contributed by atoms with E-state index in [4.69, 9.17) is 0 Å². The number of piperidine rings is 1. The Morgan fingerprint density at radius 3 is 2.89 bits per heavy atom. The van der Waals surface area contributed by atoms with E-state index in [0.29, 0.717) is 6.54 Å². The molecule has 1 saturated heterocycles. The van der Waals surface area contributed by atoms with Gasteiger partial charge in [0.05, 0.1) is 0 Å². The first-order valence-electron chi connectivity index (χ1n) is 6.12. The molecule has 5 nitrogen and oxygen atoms in total. The van der Waals surface area contributed by atoms with Gasteiger partial charge in [-0.3, -0.25) is 4.98 Å². The quantitative estimate of drug-likeness (QED) is 0.876. The molecular formula is C12H20ClN3O2S. The number of sulfonamides is 1. The largest absolute Gasteiger partial charge is 0.316 e. The van der Waals surface area contributed by atoms with Gasteiger partial charge in [0.15, 0.2) is 0 Å². The van der Waals surface area contributed by atoms with Crippen molar-refractivity contribution in [2.45, 2.75) is 24.7 Å². The van der Waals surface area contributed by atoms with Crippen LogP contribution in [0.3, 0.4) is 0 Å². The van der Waals surface area contributed by atoms with Crippen molar-refractivity contribution in [3.05, 3.63) is 24.5 Å². The summed E-state index contributed by atoms with van der Waals surface area (Å²) in [5.41, 5.74) is -0.00642. The zero-order chi connectivity index (χ0) is 13.1. The van der Waals surface area contributed by atoms with Crippen LogP contribution in [0, 0.1) is 5.41 Å². The predicted octanol–water partition coefficient (Wildman–Crippen LogP) is 1.17. The Morgan fingerprint density at radius 2 is 2.32 bits per heavy atom. The number of pyridine rings is 1. The Balaban J connectivity index is 0.00000180. The first kappa shape index (κ1) is 16.4. The molecule has 2 heterocycles. The van der Waals surface area contributed by atoms with E-state index >= 15 is 0 Å². The summed E-state index contributed by atoms with van der Waals surface area (Å²) < 4.78 is 26.8. The van der Waals surface area contributed by atoms with Gasteiger partial charge in [0.1, 0.15) is 4.90 Å². The maximum Gasteiger partial charge on any atom is 0.242 e. The van der Waals surface area contributed by atoms with Crippen LogP contribution in [0.1, 0.15) is 19.8 Å². The molecule has 1 atom stereocenters. The van der Waals surface area contributed by atoms with Crippen LogP contribution in [0.4, 0.5) is 0 Å². The van der Waals surface area contributed by atoms with Gasteiger partial charge in [0.2, 0.25) is 10.0 Å². The van der Waals surface area contributed by atoms with Crippen LogP contribution in [0.15, 0.2) is 29.4 Å². The Kier molecular flexibility index (Phi) is 5.73. The Labute approximate surface area is 120 Å². The lowest BCUT2D eigenvalue weighted by molar-refractivity contribution is 0.238. The van der Waals surface area contributed by atoms with Crippen LogP contribution in [0.5, 0.6) is 0 Å². The first-order chi connectivity index (χ1) is 8.52. The molecule has 108 valence electrons. The van der Waals surface area contributed by atoms with Crippen molar-refractivity contribution in [2.24, 2.45) is 5.41 Å². The van der Waals surface area contributed by atoms with Crippen molar-refractivity contribution in [1.29, 1.82) is 0 Å². The van der Waals surface area contributed by atoms with Crippen LogP contribution in [-0.2, 0) is 10.0 Å². The third-order valence-corrected chi connectivity index (χ3v) is 4.71. The maximum atomic E-state index is 12.0. The van der Waals surface area contributed by atoms with Gasteiger partial charge in [-0.25, -0.2) is 13.1 Å². The van der Waals surface area contributed by atoms with Gasteiger partial charge < -0.3 is 5.32 Å². The fourth-order valence-electron chi connectivity index (χ4n) is 2.13. The lowest BCUT2D eigenvalue weighted by atomic mass is 9.83. The minimum Gasteiger partial charge on any atom is -0.316 e. The molecule has 0 saturated carbocycles. The summed E-state index contributed by atoms with van der Waals surface area (Å²) in [6.07, 6.45) is 5.05. The lowest BCUT2D eigenvalue weighted by Gasteiger charge is -2.34. The monoisotopic (exact) mass is 305 g/mol. The summed E-state index contributed by atoms with van der Waals surface area (Å²) in [7, 11) is -3.44. The molecule has 0 amide bonds. The highest BCUT2D eigenvalue weighted by Crippen LogP contribution is 2.24. The third kappa shape index (κ3) is 4.42. The zero-order valence-electron chi connectivity index (χ0n) is 10.9. The van der Waals surface area contributed by atoms with E-state index in [2.05, 4.69) is 21.9 Å². The number of nitrogens with one attached hydrogen (secondary N) is 2. The van der Waals surface area contributed by atoms with Crippen molar-refractivity contribution in [3.8, 4) is 0 Å². The number of nitrogens with zero attached hydrogens (tertiary/aromatic N) is 1. The molecule has 0 radical (unpaired) electrons. The highest BCUT2D eigenvalue weighted by Gasteiger charge is 2.28. The van der Waals surface area contributed by atoms with Crippen LogP contribution in [0.25, 0.3) is 0 Å². The molecule has 0 spiro atoms. The number of hydrogen-bond donors (Lipinski definition) is 2. The minimum absolute atomic E-state index is 0. The van der Waals surface area contributed by atoms with Gasteiger partial charge in [-0.15, -0.1) is 12.4 Å². The fourth-order valence-corrected chi connectivity index (χ4v) is 3.29. The Morgan fingerprint density at radius 1 is 1.53 bits per heavy atom. The van der Waals surface area contributed by atoms with E-state index in [-0.39, 0.29) is 22.7 Å². The van der Waals surface area contributed by atoms with Crippen molar-refractivity contribution in [2.75, 3.05) is 19.6 Å². The van der Waals surface area contributed by atoms with Crippen LogP contribution in [0.2, 0.25) is 0 Å². The van der Waals surface area contributed by atoms with Crippen molar-refractivity contribution >= 4 is 22.4 Å². The minimum atomic E-state index is -3.44. The molecule has 1 aromatic heterocycles. The highest BCUT2D eigenvalue weighted by atomic mass is 35.5. The van der Waals surface area contributed by atoms with Crippen LogP contribution in [-0.4, -0.2) is 33.0 Å². The average molecular weight is 306 g/mol. The summed E-state index contributed by atoms with van der Waals surface area (Å²) in [4.78, 5) is 4.05. The summed E-state index contributed by atoms with van der Waals surface area (Å²) >= 11 is 0. The second-order valence-corrected chi connectivity index (χ2v) is 6.87. The normalized spacial score (nSPS) is 23.6. The van der Waals surface area contributed by atoms with Gasteiger partial charge >= 0.3 is 0 Å². The molecule has 1 aliphatic heterocycles. The number of aromatic nitrogens is 1. The summed E-state index contributed by atoms with van der Waals surface area (Å²) in [6.45, 7) is 4.43. The molecule has 1 unspecified atom stereocenters. The smallest absolute Gasteiger partial charge is 0.242 e. The predicted molar refractivity (Wildman–Crippen MR) is 76.9 cm³/mol. The molecule has 2 rings (SSSR count). The molecule has 19 heavy (non-hydrogen) atoms. The molecule has 0 aromatic carbocycles. The van der Waals surface area contributed by atoms with Crippen molar-refractivity contribution in [1.82, 2.24) is 15.0 Å². The standard InChI is InChI=1S/C12H19N3O2S.ClH/c1-12(5-3-7-14-9-12)10-15-18(16,17)11-4-2-6-13-8-11;/h2,4,6,8,14-15H,3,5,7,9-10H2,1H3;1H. The lowest BCUT2D eigenvalue weighted by Crippen LogP contribution is -2.45. The summed E-state index contributed by atoms with van der Waals surface area (Å²) in [5.74, 6) is 0. The zero-order valence-corrected chi connectivity index (χ0v) is 12.6. The van der Waals surface area contributed by atoms with Crippen LogP contribution >= 0.6 is 12.4 Å². The van der Waals surface area contributed by atoms with Gasteiger partial charge in [-0.05, 0) is 36.9 Å². The molecular weight excluding hydrogens is 286 g/mol. The average Bonchev–Trinajstić information content (AvgIpc) is 2.39. The van der Waals surface area contributed by atoms with Gasteiger partial charge in [-0.1, -0.05) is 6.92 Å². The topological polar surface area (TPSA) is 71.1 Å². The highest BCUT2D eigenvalue weighted by molar-refractivity contribution is 7.89. The fraction of sp³-hybridized carbons (Fsp3) is 0.583. The van der Waals surface area contributed by atoms with E-state index in [1.165, 1.54) is 6.20 Å². The van der Waals surface area contributed by atoms with E-state index < -0.39 is 10.0 Å². The van der Waals surface area contributed by atoms with E-state index in [0.717, 1.165) is 25.9 Å². The van der Waals surface area contributed by atoms with Crippen molar-refractivity contribution in [3.63, 3.8) is 0 Å². The van der Waals surface area contributed by atoms with E-state index in [1.54, 1.807) is 18.3 Å². The van der Waals surface area contributed by atoms with Gasteiger partial charge in [0.25, 0.3) is 0 Å². The number of rotatable bonds is 4. The van der Waals surface area contributed by atoms with Gasteiger partial charge in [-0.2, -0.15) is 0 Å². The molecule has 0 aliphatic carbocycles. The Hall–Kier alpha value is -0.690. The second kappa shape index (κ2) is 6.65. The van der Waals surface area contributed by atoms with Crippen LogP contribution < -0.4 is 10.0 Å². The molecule has 0 bridgehead atoms. The van der Waals surface area contributed by atoms with E-state index in [9.17, 15) is 8.42 Å². The Bertz CT molecular complexity index is 487. The van der Waals surface area contributed by atoms with E-state index in [1.807, 2.05) is 0 Å². The second-order valence-electron chi connectivity index (χ2n) is 5.10. The SMILES string of the molecule is CC1(CNS(=O)(=O)c2cccnc2)CCCNC1.Cl. The molecule has 2 N–H and O–H groups in total. The summed E-state index contributed by atoms with van der Waals surface area (Å²) in [5, 5.41) is 3.30. The van der Waals surface area contributed by atoms with Crippen molar-refractivity contribution < 1.29 is 8.42 Å². The third-order valence-electron chi connectivity index (χ3n) is 3.32. The van der Waals surface area contributed by atoms with Gasteiger partial charge in [0, 0.05) is 25.5 Å². The molecule has 7 heteroatoms. The number of halogens is 1.